The van der Waals surface area contributed by atoms with Crippen LogP contribution in [0.25, 0.3) is 11.4 Å². The molecule has 1 aliphatic carbocycles. The zero-order valence-corrected chi connectivity index (χ0v) is 20.5. The number of carbonyl (C=O) groups is 1. The lowest BCUT2D eigenvalue weighted by Crippen LogP contribution is -2.15. The van der Waals surface area contributed by atoms with E-state index in [-0.39, 0.29) is 11.9 Å². The molecule has 0 bridgehead atoms. The highest BCUT2D eigenvalue weighted by molar-refractivity contribution is 7.99. The predicted octanol–water partition coefficient (Wildman–Crippen LogP) is 6.06. The molecule has 1 aromatic carbocycles. The molecule has 4 rings (SSSR count). The molecule has 31 heavy (non-hydrogen) atoms. The van der Waals surface area contributed by atoms with Crippen LogP contribution >= 0.6 is 23.1 Å². The summed E-state index contributed by atoms with van der Waals surface area (Å²) in [5.41, 5.74) is 5.79. The summed E-state index contributed by atoms with van der Waals surface area (Å²) in [6, 6.07) is 6.30. The van der Waals surface area contributed by atoms with Crippen LogP contribution in [0.4, 0.5) is 5.69 Å². The average molecular weight is 455 g/mol. The minimum absolute atomic E-state index is 0.0308. The van der Waals surface area contributed by atoms with Crippen LogP contribution in [-0.2, 0) is 17.6 Å². The molecule has 0 fully saturated rings. The lowest BCUT2D eigenvalue weighted by molar-refractivity contribution is -0.113. The van der Waals surface area contributed by atoms with Gasteiger partial charge in [-0.2, -0.15) is 0 Å². The Bertz CT molecular complexity index is 1080. The summed E-state index contributed by atoms with van der Waals surface area (Å²) >= 11 is 3.30. The van der Waals surface area contributed by atoms with Gasteiger partial charge >= 0.3 is 0 Å². The molecule has 3 aromatic rings. The number of anilines is 1. The van der Waals surface area contributed by atoms with Gasteiger partial charge in [-0.05, 0) is 81.7 Å². The van der Waals surface area contributed by atoms with E-state index < -0.39 is 0 Å². The van der Waals surface area contributed by atoms with Crippen LogP contribution in [0, 0.1) is 19.8 Å². The molecule has 5 nitrogen and oxygen atoms in total. The maximum Gasteiger partial charge on any atom is 0.234 e. The first-order valence-corrected chi connectivity index (χ1v) is 12.7. The smallest absolute Gasteiger partial charge is 0.234 e. The van der Waals surface area contributed by atoms with Crippen molar-refractivity contribution < 1.29 is 4.79 Å². The van der Waals surface area contributed by atoms with E-state index >= 15 is 0 Å². The summed E-state index contributed by atoms with van der Waals surface area (Å²) in [7, 11) is 0. The summed E-state index contributed by atoms with van der Waals surface area (Å²) in [5, 5.41) is 15.1. The molecule has 164 valence electrons. The topological polar surface area (TPSA) is 59.8 Å². The first-order valence-electron chi connectivity index (χ1n) is 10.9. The minimum atomic E-state index is -0.0308. The highest BCUT2D eigenvalue weighted by Gasteiger charge is 2.25. The van der Waals surface area contributed by atoms with Gasteiger partial charge < -0.3 is 5.32 Å². The normalized spacial score (nSPS) is 15.9. The Morgan fingerprint density at radius 3 is 2.71 bits per heavy atom. The molecule has 1 atom stereocenters. The number of amides is 1. The van der Waals surface area contributed by atoms with Crippen molar-refractivity contribution in [2.75, 3.05) is 11.1 Å². The zero-order chi connectivity index (χ0) is 22.1. The number of aryl methyl sites for hydroxylation is 2. The summed E-state index contributed by atoms with van der Waals surface area (Å²) in [4.78, 5) is 14.1. The molecule has 2 aromatic heterocycles. The molecule has 0 saturated heterocycles. The Balaban J connectivity index is 1.51. The van der Waals surface area contributed by atoms with Crippen molar-refractivity contribution in [3.8, 4) is 11.4 Å². The van der Waals surface area contributed by atoms with Crippen LogP contribution < -0.4 is 5.32 Å². The number of benzene rings is 1. The number of fused-ring (bicyclic) bond motifs is 1. The fourth-order valence-corrected chi connectivity index (χ4v) is 6.37. The molecule has 2 heterocycles. The predicted molar refractivity (Wildman–Crippen MR) is 130 cm³/mol. The number of rotatable bonds is 6. The van der Waals surface area contributed by atoms with E-state index in [9.17, 15) is 4.79 Å². The number of carbonyl (C=O) groups excluding carboxylic acids is 1. The van der Waals surface area contributed by atoms with Crippen molar-refractivity contribution in [1.29, 1.82) is 0 Å². The molecule has 1 N–H and O–H groups in total. The van der Waals surface area contributed by atoms with E-state index in [2.05, 4.69) is 52.3 Å². The average Bonchev–Trinajstić information content (AvgIpc) is 3.28. The Morgan fingerprint density at radius 2 is 2.00 bits per heavy atom. The lowest BCUT2D eigenvalue weighted by Gasteiger charge is -2.19. The van der Waals surface area contributed by atoms with Gasteiger partial charge in [0.25, 0.3) is 0 Å². The van der Waals surface area contributed by atoms with Crippen LogP contribution in [0.3, 0.4) is 0 Å². The highest BCUT2D eigenvalue weighted by Crippen LogP contribution is 2.39. The SMILES string of the molecule is Cc1cc(C)cc(NC(=O)CSc2nnc(-c3csc4c3CCC(C)C4)n2C(C)C)c1. The number of thioether (sulfide) groups is 1. The van der Waals surface area contributed by atoms with Gasteiger partial charge in [0.05, 0.1) is 5.75 Å². The Labute approximate surface area is 192 Å². The van der Waals surface area contributed by atoms with Crippen LogP contribution in [0.2, 0.25) is 0 Å². The molecule has 1 aliphatic rings. The second kappa shape index (κ2) is 9.17. The Morgan fingerprint density at radius 1 is 1.26 bits per heavy atom. The second-order valence-electron chi connectivity index (χ2n) is 8.88. The third-order valence-electron chi connectivity index (χ3n) is 5.66. The maximum atomic E-state index is 12.6. The molecular weight excluding hydrogens is 424 g/mol. The second-order valence-corrected chi connectivity index (χ2v) is 10.8. The van der Waals surface area contributed by atoms with Gasteiger partial charge in [0.2, 0.25) is 5.91 Å². The number of nitrogens with one attached hydrogen (secondary N) is 1. The fourth-order valence-electron chi connectivity index (χ4n) is 4.26. The number of hydrogen-bond acceptors (Lipinski definition) is 5. The zero-order valence-electron chi connectivity index (χ0n) is 18.9. The van der Waals surface area contributed by atoms with Crippen molar-refractivity contribution in [3.63, 3.8) is 0 Å². The molecule has 0 radical (unpaired) electrons. The number of aromatic nitrogens is 3. The molecule has 7 heteroatoms. The molecule has 0 aliphatic heterocycles. The number of hydrogen-bond donors (Lipinski definition) is 1. The van der Waals surface area contributed by atoms with Gasteiger partial charge in [-0.1, -0.05) is 24.8 Å². The number of nitrogens with zero attached hydrogens (tertiary/aromatic N) is 3. The van der Waals surface area contributed by atoms with E-state index in [0.29, 0.717) is 5.75 Å². The van der Waals surface area contributed by atoms with Crippen LogP contribution in [0.1, 0.15) is 54.8 Å². The number of thiophene rings is 1. The van der Waals surface area contributed by atoms with Crippen molar-refractivity contribution in [2.45, 2.75) is 65.1 Å². The maximum absolute atomic E-state index is 12.6. The quantitative estimate of drug-likeness (QED) is 0.460. The molecular formula is C24H30N4OS2. The lowest BCUT2D eigenvalue weighted by atomic mass is 9.88. The van der Waals surface area contributed by atoms with E-state index in [1.54, 1.807) is 0 Å². The van der Waals surface area contributed by atoms with E-state index in [1.165, 1.54) is 34.2 Å². The van der Waals surface area contributed by atoms with E-state index in [0.717, 1.165) is 46.6 Å². The van der Waals surface area contributed by atoms with Gasteiger partial charge in [0.1, 0.15) is 0 Å². The van der Waals surface area contributed by atoms with E-state index in [1.807, 2.05) is 37.3 Å². The standard InChI is InChI=1S/C24H30N4OS2/c1-14(2)28-23(20-12-30-21-11-15(3)6-7-19(20)21)26-27-24(28)31-13-22(29)25-18-9-16(4)8-17(5)10-18/h8-10,12,14-15H,6-7,11,13H2,1-5H3,(H,25,29). The van der Waals surface area contributed by atoms with Crippen LogP contribution in [0.5, 0.6) is 0 Å². The Kier molecular flexibility index (Phi) is 6.53. The van der Waals surface area contributed by atoms with Crippen molar-refractivity contribution >= 4 is 34.7 Å². The monoisotopic (exact) mass is 454 g/mol. The first kappa shape index (κ1) is 22.1. The third kappa shape index (κ3) is 4.88. The first-order chi connectivity index (χ1) is 14.8. The van der Waals surface area contributed by atoms with Crippen molar-refractivity contribution in [2.24, 2.45) is 5.92 Å². The summed E-state index contributed by atoms with van der Waals surface area (Å²) < 4.78 is 2.18. The van der Waals surface area contributed by atoms with Gasteiger partial charge in [0.15, 0.2) is 11.0 Å². The van der Waals surface area contributed by atoms with Gasteiger partial charge in [-0.3, -0.25) is 9.36 Å². The van der Waals surface area contributed by atoms with E-state index in [4.69, 9.17) is 0 Å². The van der Waals surface area contributed by atoms with Gasteiger partial charge in [0, 0.05) is 27.5 Å². The molecule has 0 spiro atoms. The molecule has 1 amide bonds. The fraction of sp³-hybridized carbons (Fsp3) is 0.458. The van der Waals surface area contributed by atoms with Crippen molar-refractivity contribution in [1.82, 2.24) is 14.8 Å². The molecule has 1 unspecified atom stereocenters. The van der Waals surface area contributed by atoms with Crippen molar-refractivity contribution in [3.05, 3.63) is 45.1 Å². The Hall–Kier alpha value is -2.12. The van der Waals surface area contributed by atoms with Crippen LogP contribution in [0.15, 0.2) is 28.7 Å². The highest BCUT2D eigenvalue weighted by atomic mass is 32.2. The third-order valence-corrected chi connectivity index (χ3v) is 7.66. The van der Waals surface area contributed by atoms with Crippen LogP contribution in [-0.4, -0.2) is 26.4 Å². The minimum Gasteiger partial charge on any atom is -0.325 e. The summed E-state index contributed by atoms with van der Waals surface area (Å²) in [5.74, 6) is 1.96. The summed E-state index contributed by atoms with van der Waals surface area (Å²) in [6.07, 6.45) is 3.50. The largest absolute Gasteiger partial charge is 0.325 e. The van der Waals surface area contributed by atoms with Gasteiger partial charge in [-0.15, -0.1) is 21.5 Å². The van der Waals surface area contributed by atoms with Gasteiger partial charge in [-0.25, -0.2) is 0 Å². The molecule has 0 saturated carbocycles. The summed E-state index contributed by atoms with van der Waals surface area (Å²) in [6.45, 7) is 10.7.